The summed E-state index contributed by atoms with van der Waals surface area (Å²) < 4.78 is 5.21. The van der Waals surface area contributed by atoms with Crippen LogP contribution in [0.15, 0.2) is 24.3 Å². The van der Waals surface area contributed by atoms with Crippen LogP contribution in [-0.2, 0) is 4.79 Å². The average molecular weight is 304 g/mol. The van der Waals surface area contributed by atoms with E-state index in [-0.39, 0.29) is 6.47 Å². The molecule has 3 N–H and O–H groups in total. The lowest BCUT2D eigenvalue weighted by Gasteiger charge is -2.13. The number of methoxy groups -OCH3 is 1. The summed E-state index contributed by atoms with van der Waals surface area (Å²) in [6.45, 7) is 1.77. The Kier molecular flexibility index (Phi) is 6.12. The number of hydrogen-bond donors (Lipinski definition) is 2. The SMILES string of the molecule is COc1ccc(-c2cc(N)nc(N(C)C)n2)c(C)c1.O=CO. The number of nitrogens with two attached hydrogens (primary N) is 1. The van der Waals surface area contributed by atoms with Crippen LogP contribution in [0, 0.1) is 6.92 Å². The predicted octanol–water partition coefficient (Wildman–Crippen LogP) is 1.81. The van der Waals surface area contributed by atoms with Crippen molar-refractivity contribution in [2.45, 2.75) is 6.92 Å². The van der Waals surface area contributed by atoms with Crippen molar-refractivity contribution in [2.24, 2.45) is 0 Å². The van der Waals surface area contributed by atoms with Gasteiger partial charge < -0.3 is 20.5 Å². The van der Waals surface area contributed by atoms with Gasteiger partial charge in [-0.05, 0) is 30.7 Å². The molecule has 7 heteroatoms. The van der Waals surface area contributed by atoms with Crippen LogP contribution in [0.3, 0.4) is 0 Å². The third-order valence-electron chi connectivity index (χ3n) is 2.84. The Bertz CT molecular complexity index is 645. The third-order valence-corrected chi connectivity index (χ3v) is 2.84. The Morgan fingerprint density at radius 3 is 2.41 bits per heavy atom. The van der Waals surface area contributed by atoms with Crippen LogP contribution in [-0.4, -0.2) is 42.8 Å². The molecule has 1 heterocycles. The number of nitrogens with zero attached hydrogens (tertiary/aromatic N) is 3. The quantitative estimate of drug-likeness (QED) is 0.834. The predicted molar refractivity (Wildman–Crippen MR) is 86.2 cm³/mol. The highest BCUT2D eigenvalue weighted by Gasteiger charge is 2.09. The minimum atomic E-state index is -0.250. The van der Waals surface area contributed by atoms with Crippen molar-refractivity contribution in [3.05, 3.63) is 29.8 Å². The molecule has 7 nitrogen and oxygen atoms in total. The lowest BCUT2D eigenvalue weighted by Crippen LogP contribution is -2.14. The zero-order valence-corrected chi connectivity index (χ0v) is 13.1. The first kappa shape index (κ1) is 17.2. The van der Waals surface area contributed by atoms with Gasteiger partial charge in [0.25, 0.3) is 6.47 Å². The second kappa shape index (κ2) is 7.82. The molecule has 0 unspecified atom stereocenters. The number of benzene rings is 1. The maximum atomic E-state index is 8.36. The second-order valence-electron chi connectivity index (χ2n) is 4.66. The van der Waals surface area contributed by atoms with Gasteiger partial charge in [-0.1, -0.05) is 0 Å². The van der Waals surface area contributed by atoms with Crippen molar-refractivity contribution in [1.29, 1.82) is 0 Å². The molecule has 0 atom stereocenters. The summed E-state index contributed by atoms with van der Waals surface area (Å²) in [4.78, 5) is 18.9. The summed E-state index contributed by atoms with van der Waals surface area (Å²) in [6.07, 6.45) is 0. The summed E-state index contributed by atoms with van der Waals surface area (Å²) in [7, 11) is 5.43. The molecule has 0 spiro atoms. The van der Waals surface area contributed by atoms with Crippen LogP contribution in [0.5, 0.6) is 5.75 Å². The molecule has 0 radical (unpaired) electrons. The van der Waals surface area contributed by atoms with Crippen LogP contribution in [0.2, 0.25) is 0 Å². The zero-order valence-electron chi connectivity index (χ0n) is 13.1. The van der Waals surface area contributed by atoms with Crippen LogP contribution >= 0.6 is 0 Å². The fraction of sp³-hybridized carbons (Fsp3) is 0.267. The van der Waals surface area contributed by atoms with Gasteiger partial charge in [-0.2, -0.15) is 4.98 Å². The standard InChI is InChI=1S/C14H18N4O.CH2O2/c1-9-7-10(19-4)5-6-11(9)12-8-13(15)17-14(16-12)18(2)3;2-1-3/h5-8H,1-4H3,(H2,15,16,17);1H,(H,2,3). The molecule has 118 valence electrons. The number of aromatic nitrogens is 2. The third kappa shape index (κ3) is 4.34. The minimum absolute atomic E-state index is 0.250. The van der Waals surface area contributed by atoms with E-state index >= 15 is 0 Å². The molecule has 0 aliphatic rings. The van der Waals surface area contributed by atoms with Crippen LogP contribution < -0.4 is 15.4 Å². The summed E-state index contributed by atoms with van der Waals surface area (Å²) in [6, 6.07) is 7.65. The fourth-order valence-corrected chi connectivity index (χ4v) is 1.84. The lowest BCUT2D eigenvalue weighted by atomic mass is 10.1. The number of hydrogen-bond acceptors (Lipinski definition) is 6. The van der Waals surface area contributed by atoms with Crippen molar-refractivity contribution in [3.63, 3.8) is 0 Å². The average Bonchev–Trinajstić information content (AvgIpc) is 2.47. The van der Waals surface area contributed by atoms with Crippen LogP contribution in [0.4, 0.5) is 11.8 Å². The Balaban J connectivity index is 0.000000745. The molecular weight excluding hydrogens is 284 g/mol. The van der Waals surface area contributed by atoms with Gasteiger partial charge in [0.1, 0.15) is 11.6 Å². The molecule has 0 bridgehead atoms. The number of ether oxygens (including phenoxy) is 1. The normalized spacial score (nSPS) is 9.45. The van der Waals surface area contributed by atoms with Crippen molar-refractivity contribution < 1.29 is 14.6 Å². The number of rotatable bonds is 3. The highest BCUT2D eigenvalue weighted by atomic mass is 16.5. The number of carbonyl (C=O) groups is 1. The first-order chi connectivity index (χ1) is 10.4. The lowest BCUT2D eigenvalue weighted by molar-refractivity contribution is -0.122. The van der Waals surface area contributed by atoms with Crippen LogP contribution in [0.25, 0.3) is 11.3 Å². The highest BCUT2D eigenvalue weighted by Crippen LogP contribution is 2.27. The van der Waals surface area contributed by atoms with E-state index in [0.717, 1.165) is 22.6 Å². The Labute approximate surface area is 129 Å². The van der Waals surface area contributed by atoms with E-state index in [4.69, 9.17) is 20.4 Å². The van der Waals surface area contributed by atoms with Gasteiger partial charge in [0.05, 0.1) is 12.8 Å². The molecule has 0 aliphatic carbocycles. The van der Waals surface area contributed by atoms with Crippen molar-refractivity contribution in [2.75, 3.05) is 31.8 Å². The molecule has 22 heavy (non-hydrogen) atoms. The zero-order chi connectivity index (χ0) is 16.7. The second-order valence-corrected chi connectivity index (χ2v) is 4.66. The largest absolute Gasteiger partial charge is 0.497 e. The minimum Gasteiger partial charge on any atom is -0.497 e. The molecule has 2 aromatic rings. The van der Waals surface area contributed by atoms with Crippen molar-refractivity contribution in [3.8, 4) is 17.0 Å². The first-order valence-corrected chi connectivity index (χ1v) is 6.47. The van der Waals surface area contributed by atoms with E-state index < -0.39 is 0 Å². The maximum Gasteiger partial charge on any atom is 0.290 e. The van der Waals surface area contributed by atoms with E-state index in [1.807, 2.05) is 44.1 Å². The smallest absolute Gasteiger partial charge is 0.290 e. The molecule has 0 saturated carbocycles. The van der Waals surface area contributed by atoms with E-state index in [1.165, 1.54) is 0 Å². The number of nitrogen functional groups attached to an aromatic ring is 1. The molecule has 0 saturated heterocycles. The Morgan fingerprint density at radius 1 is 1.27 bits per heavy atom. The molecule has 1 aromatic carbocycles. The molecular formula is C15H20N4O3. The topological polar surface area (TPSA) is 102 Å². The monoisotopic (exact) mass is 304 g/mol. The van der Waals surface area contributed by atoms with E-state index in [1.54, 1.807) is 13.2 Å². The summed E-state index contributed by atoms with van der Waals surface area (Å²) in [5.74, 6) is 1.89. The molecule has 0 aliphatic heterocycles. The van der Waals surface area contributed by atoms with Gasteiger partial charge in [-0.15, -0.1) is 0 Å². The molecule has 0 fully saturated rings. The molecule has 0 amide bonds. The van der Waals surface area contributed by atoms with Gasteiger partial charge >= 0.3 is 0 Å². The summed E-state index contributed by atoms with van der Waals surface area (Å²) >= 11 is 0. The van der Waals surface area contributed by atoms with E-state index in [9.17, 15) is 0 Å². The van der Waals surface area contributed by atoms with Crippen LogP contribution in [0.1, 0.15) is 5.56 Å². The van der Waals surface area contributed by atoms with Crippen molar-refractivity contribution in [1.82, 2.24) is 9.97 Å². The number of anilines is 2. The van der Waals surface area contributed by atoms with Gasteiger partial charge in [0, 0.05) is 25.7 Å². The fourth-order valence-electron chi connectivity index (χ4n) is 1.84. The van der Waals surface area contributed by atoms with Gasteiger partial charge in [-0.25, -0.2) is 4.98 Å². The number of aryl methyl sites for hydroxylation is 1. The molecule has 2 rings (SSSR count). The van der Waals surface area contributed by atoms with Gasteiger partial charge in [-0.3, -0.25) is 4.79 Å². The van der Waals surface area contributed by atoms with Gasteiger partial charge in [0.15, 0.2) is 0 Å². The summed E-state index contributed by atoms with van der Waals surface area (Å²) in [5, 5.41) is 6.89. The summed E-state index contributed by atoms with van der Waals surface area (Å²) in [5.41, 5.74) is 8.77. The van der Waals surface area contributed by atoms with E-state index in [0.29, 0.717) is 11.8 Å². The first-order valence-electron chi connectivity index (χ1n) is 6.47. The van der Waals surface area contributed by atoms with Crippen molar-refractivity contribution >= 4 is 18.2 Å². The number of carboxylic acid groups (broad SMARTS) is 1. The molecule has 1 aromatic heterocycles. The maximum absolute atomic E-state index is 8.36. The Morgan fingerprint density at radius 2 is 1.91 bits per heavy atom. The van der Waals surface area contributed by atoms with E-state index in [2.05, 4.69) is 9.97 Å². The van der Waals surface area contributed by atoms with Gasteiger partial charge in [0.2, 0.25) is 5.95 Å². The Hall–Kier alpha value is -2.83. The highest BCUT2D eigenvalue weighted by molar-refractivity contribution is 5.68.